The minimum atomic E-state index is -0.883. The fraction of sp³-hybridized carbons (Fsp3) is 0.193. The van der Waals surface area contributed by atoms with Crippen molar-refractivity contribution in [3.63, 3.8) is 0 Å². The Kier molecular flexibility index (Phi) is 22.3. The summed E-state index contributed by atoms with van der Waals surface area (Å²) in [5, 5.41) is 7.80. The minimum absolute atomic E-state index is 0. The van der Waals surface area contributed by atoms with Crippen LogP contribution in [-0.2, 0) is 34.4 Å². The van der Waals surface area contributed by atoms with Crippen molar-refractivity contribution in [2.45, 2.75) is 58.8 Å². The van der Waals surface area contributed by atoms with Crippen molar-refractivity contribution in [2.24, 2.45) is 0 Å². The number of benzene rings is 7. The maximum Gasteiger partial charge on any atom is 0.127 e. The van der Waals surface area contributed by atoms with Crippen molar-refractivity contribution >= 4 is 57.4 Å². The standard InChI is InChI=1S/C39H32O2P2.C10H14.C8H12.ClH.Cu.Ru/c1-5-16-30(17-6-1)42(31-18-7-2-8-19-31)36-26-13-24-34-38(36)39-35(41-29-15-28-40-34)25-14-27-37(39)43(32-20-9-3-10-21-32)33-22-11-4-12-23-33;1-8(2)10-6-4-9(3)5-7-10;1-2-4-6-8-7-5-3-1;;;/h1-14,16-27H,15,28-29H2;4-8H,1-3H3;1-2,7-8H,3-6H2;1H;;/q;;;;;+1/p-1/b;;2-1-,8-7-;;;. The second-order valence-corrected chi connectivity index (χ2v) is 19.9. The van der Waals surface area contributed by atoms with Gasteiger partial charge in [0.2, 0.25) is 0 Å². The summed E-state index contributed by atoms with van der Waals surface area (Å²) in [6.07, 6.45) is 14.8. The maximum atomic E-state index is 6.61. The Balaban J connectivity index is 0.000000303. The predicted molar refractivity (Wildman–Crippen MR) is 273 cm³/mol. The number of halogens is 1. The molecule has 0 aromatic heterocycles. The van der Waals surface area contributed by atoms with E-state index >= 15 is 0 Å². The molecule has 7 aromatic carbocycles. The predicted octanol–water partition coefficient (Wildman–Crippen LogP) is 13.5. The number of fused-ring (bicyclic) bond motifs is 3. The SMILES string of the molecule is C1=C\CC/C=C\CC/1.Cc1ccc(C(C)C)cc1.[Cl][Ru].[Cu].c1ccc(P(c2ccccc2)c2cccc3c2-c2c(cccc2P(c2ccccc2)c2ccccc2)OCCCO3)cc1. The van der Waals surface area contributed by atoms with Gasteiger partial charge in [0.15, 0.2) is 0 Å². The van der Waals surface area contributed by atoms with Crippen LogP contribution in [0.1, 0.15) is 63.0 Å². The quantitative estimate of drug-likeness (QED) is 0.0900. The third-order valence-corrected chi connectivity index (χ3v) is 15.6. The molecule has 2 nitrogen and oxygen atoms in total. The number of ether oxygens (including phenoxy) is 2. The van der Waals surface area contributed by atoms with E-state index in [1.807, 2.05) is 17.3 Å². The molecule has 1 heterocycles. The summed E-state index contributed by atoms with van der Waals surface area (Å²) in [5.74, 6) is 2.50. The van der Waals surface area contributed by atoms with Gasteiger partial charge in [-0.05, 0) is 104 Å². The van der Waals surface area contributed by atoms with Gasteiger partial charge >= 0.3 is 27.0 Å². The van der Waals surface area contributed by atoms with E-state index in [4.69, 9.17) is 9.47 Å². The van der Waals surface area contributed by atoms with E-state index in [9.17, 15) is 0 Å². The van der Waals surface area contributed by atoms with Gasteiger partial charge in [-0.2, -0.15) is 0 Å². The molecule has 9 rings (SSSR count). The van der Waals surface area contributed by atoms with Crippen LogP contribution >= 0.6 is 25.5 Å². The molecule has 0 atom stereocenters. The number of hydrogen-bond acceptors (Lipinski definition) is 2. The topological polar surface area (TPSA) is 18.5 Å². The maximum absolute atomic E-state index is 6.61. The van der Waals surface area contributed by atoms with Crippen LogP contribution in [0.3, 0.4) is 0 Å². The molecule has 0 saturated carbocycles. The molecule has 0 saturated heterocycles. The number of hydrogen-bond donors (Lipinski definition) is 0. The zero-order valence-corrected chi connectivity index (χ0v) is 42.1. The van der Waals surface area contributed by atoms with Gasteiger partial charge in [0.05, 0.1) is 13.2 Å². The molecule has 2 aliphatic rings. The smallest absolute Gasteiger partial charge is 0.127 e. The molecule has 0 fully saturated rings. The van der Waals surface area contributed by atoms with E-state index in [1.165, 1.54) is 68.6 Å². The fourth-order valence-electron chi connectivity index (χ4n) is 7.55. The van der Waals surface area contributed by atoms with E-state index in [0.717, 1.165) is 29.0 Å². The van der Waals surface area contributed by atoms with Crippen LogP contribution in [0.5, 0.6) is 11.5 Å². The van der Waals surface area contributed by atoms with Crippen molar-refractivity contribution in [3.8, 4) is 22.6 Å². The number of rotatable bonds is 7. The average molecular weight is 1040 g/mol. The summed E-state index contributed by atoms with van der Waals surface area (Å²) >= 11 is 1.82. The zero-order chi connectivity index (χ0) is 44.1. The normalized spacial score (nSPS) is 13.8. The molecular formula is C57H58ClCuO2P2Ru. The third kappa shape index (κ3) is 14.5. The summed E-state index contributed by atoms with van der Waals surface area (Å²) in [5.41, 5.74) is 5.05. The van der Waals surface area contributed by atoms with Crippen LogP contribution in [0.4, 0.5) is 0 Å². The molecule has 0 N–H and O–H groups in total. The van der Waals surface area contributed by atoms with Crippen LogP contribution in [0.2, 0.25) is 0 Å². The molecule has 0 unspecified atom stereocenters. The van der Waals surface area contributed by atoms with Gasteiger partial charge in [0.25, 0.3) is 0 Å². The van der Waals surface area contributed by atoms with Gasteiger partial charge in [-0.3, -0.25) is 0 Å². The Hall–Kier alpha value is -4.09. The van der Waals surface area contributed by atoms with Crippen molar-refractivity contribution in [1.29, 1.82) is 0 Å². The van der Waals surface area contributed by atoms with Crippen LogP contribution < -0.4 is 41.3 Å². The zero-order valence-electron chi connectivity index (χ0n) is 36.9. The Morgan fingerprint density at radius 2 is 0.766 bits per heavy atom. The van der Waals surface area contributed by atoms with Crippen LogP contribution in [0.15, 0.2) is 206 Å². The first-order valence-electron chi connectivity index (χ1n) is 21.9. The Labute approximate surface area is 410 Å². The third-order valence-electron chi connectivity index (χ3n) is 10.7. The molecular weight excluding hydrogens is 979 g/mol. The second kappa shape index (κ2) is 28.1. The van der Waals surface area contributed by atoms with Crippen molar-refractivity contribution in [2.75, 3.05) is 13.2 Å². The Morgan fingerprint density at radius 3 is 1.08 bits per heavy atom. The van der Waals surface area contributed by atoms with Gasteiger partial charge in [-0.15, -0.1) is 0 Å². The molecule has 0 bridgehead atoms. The summed E-state index contributed by atoms with van der Waals surface area (Å²) in [6, 6.07) is 65.6. The molecule has 334 valence electrons. The number of aryl methyl sites for hydroxylation is 1. The monoisotopic (exact) mass is 1040 g/mol. The van der Waals surface area contributed by atoms with E-state index in [-0.39, 0.29) is 17.1 Å². The van der Waals surface area contributed by atoms with Gasteiger partial charge in [-0.25, -0.2) is 0 Å². The van der Waals surface area contributed by atoms with Gasteiger partial charge < -0.3 is 9.47 Å². The van der Waals surface area contributed by atoms with Crippen LogP contribution in [-0.4, -0.2) is 13.2 Å². The van der Waals surface area contributed by atoms with Gasteiger partial charge in [0.1, 0.15) is 11.5 Å². The van der Waals surface area contributed by atoms with E-state index in [1.54, 1.807) is 0 Å². The molecule has 0 amide bonds. The number of allylic oxidation sites excluding steroid dienone is 4. The second-order valence-electron chi connectivity index (χ2n) is 15.5. The fourth-order valence-corrected chi connectivity index (χ4v) is 12.5. The summed E-state index contributed by atoms with van der Waals surface area (Å²) < 4.78 is 13.2. The first kappa shape index (κ1) is 50.9. The van der Waals surface area contributed by atoms with Crippen LogP contribution in [0, 0.1) is 6.92 Å². The summed E-state index contributed by atoms with van der Waals surface area (Å²) in [4.78, 5) is 0. The Bertz CT molecular complexity index is 2210. The molecule has 64 heavy (non-hydrogen) atoms. The van der Waals surface area contributed by atoms with E-state index in [0.29, 0.717) is 19.1 Å². The molecule has 1 aliphatic heterocycles. The van der Waals surface area contributed by atoms with Gasteiger partial charge in [0, 0.05) is 34.6 Å². The van der Waals surface area contributed by atoms with Crippen molar-refractivity contribution in [3.05, 3.63) is 217 Å². The molecule has 1 aliphatic carbocycles. The Morgan fingerprint density at radius 1 is 0.438 bits per heavy atom. The molecule has 7 heteroatoms. The van der Waals surface area contributed by atoms with E-state index in [2.05, 4.69) is 237 Å². The van der Waals surface area contributed by atoms with E-state index < -0.39 is 15.8 Å². The first-order chi connectivity index (χ1) is 31.1. The first-order valence-corrected chi connectivity index (χ1v) is 26.8. The largest absolute Gasteiger partial charge is 0.493 e. The summed E-state index contributed by atoms with van der Waals surface area (Å²) in [7, 11) is 2.80. The molecule has 0 spiro atoms. The average Bonchev–Trinajstić information content (AvgIpc) is 3.41. The minimum Gasteiger partial charge on any atom is -0.493 e. The summed E-state index contributed by atoms with van der Waals surface area (Å²) in [6.45, 7) is 7.76. The molecule has 1 radical (unpaired) electrons. The van der Waals surface area contributed by atoms with Crippen LogP contribution in [0.25, 0.3) is 11.1 Å². The van der Waals surface area contributed by atoms with Crippen molar-refractivity contribution < 1.29 is 43.9 Å². The van der Waals surface area contributed by atoms with Crippen molar-refractivity contribution in [1.82, 2.24) is 0 Å². The molecule has 7 aromatic rings. The van der Waals surface area contributed by atoms with Gasteiger partial charge in [-0.1, -0.05) is 214 Å².